The van der Waals surface area contributed by atoms with Gasteiger partial charge < -0.3 is 14.8 Å². The second-order valence-corrected chi connectivity index (χ2v) is 5.13. The van der Waals surface area contributed by atoms with Crippen molar-refractivity contribution in [2.45, 2.75) is 52.2 Å². The fourth-order valence-electron chi connectivity index (χ4n) is 1.75. The van der Waals surface area contributed by atoms with Crippen LogP contribution in [0.1, 0.15) is 40.5 Å². The summed E-state index contributed by atoms with van der Waals surface area (Å²) >= 11 is 0. The Labute approximate surface area is 105 Å². The van der Waals surface area contributed by atoms with E-state index < -0.39 is 5.54 Å². The summed E-state index contributed by atoms with van der Waals surface area (Å²) in [5.74, 6) is 0.376. The average Bonchev–Trinajstić information content (AvgIpc) is 2.26. The third-order valence-corrected chi connectivity index (χ3v) is 3.00. The van der Waals surface area contributed by atoms with Crippen LogP contribution in [0.25, 0.3) is 0 Å². The molecule has 0 spiro atoms. The Bertz CT molecular complexity index is 231. The summed E-state index contributed by atoms with van der Waals surface area (Å²) in [6, 6.07) is 0. The first kappa shape index (κ1) is 16.4. The molecule has 102 valence electrons. The minimum atomic E-state index is -0.660. The second kappa shape index (κ2) is 7.67. The SMILES string of the molecule is CNC(C)(CCOC(C)CC(C)C)C(=O)OC. The van der Waals surface area contributed by atoms with Crippen LogP contribution in [0.2, 0.25) is 0 Å². The monoisotopic (exact) mass is 245 g/mol. The molecule has 4 heteroatoms. The number of esters is 1. The van der Waals surface area contributed by atoms with Gasteiger partial charge in [0.05, 0.1) is 13.2 Å². The number of carbonyl (C=O) groups excluding carboxylic acids is 1. The molecule has 2 unspecified atom stereocenters. The number of carbonyl (C=O) groups is 1. The number of rotatable bonds is 8. The Morgan fingerprint density at radius 1 is 1.35 bits per heavy atom. The van der Waals surface area contributed by atoms with E-state index in [9.17, 15) is 4.79 Å². The lowest BCUT2D eigenvalue weighted by Crippen LogP contribution is -2.49. The molecule has 0 saturated heterocycles. The first-order valence-corrected chi connectivity index (χ1v) is 6.24. The van der Waals surface area contributed by atoms with Crippen molar-refractivity contribution in [3.63, 3.8) is 0 Å². The van der Waals surface area contributed by atoms with Gasteiger partial charge in [-0.05, 0) is 39.7 Å². The highest BCUT2D eigenvalue weighted by Gasteiger charge is 2.32. The van der Waals surface area contributed by atoms with Crippen molar-refractivity contribution in [3.05, 3.63) is 0 Å². The summed E-state index contributed by atoms with van der Waals surface area (Å²) in [7, 11) is 3.16. The molecule has 0 aliphatic carbocycles. The van der Waals surface area contributed by atoms with E-state index in [0.717, 1.165) is 6.42 Å². The summed E-state index contributed by atoms with van der Waals surface area (Å²) in [5, 5.41) is 2.99. The van der Waals surface area contributed by atoms with Crippen molar-refractivity contribution >= 4 is 5.97 Å². The summed E-state index contributed by atoms with van der Waals surface area (Å²) in [4.78, 5) is 11.6. The van der Waals surface area contributed by atoms with Crippen LogP contribution in [0, 0.1) is 5.92 Å². The van der Waals surface area contributed by atoms with Gasteiger partial charge in [0.2, 0.25) is 0 Å². The highest BCUT2D eigenvalue weighted by molar-refractivity contribution is 5.80. The van der Waals surface area contributed by atoms with Gasteiger partial charge in [-0.2, -0.15) is 0 Å². The number of hydrogen-bond acceptors (Lipinski definition) is 4. The molecule has 1 N–H and O–H groups in total. The topological polar surface area (TPSA) is 47.6 Å². The van der Waals surface area contributed by atoms with Crippen LogP contribution in [0.5, 0.6) is 0 Å². The second-order valence-electron chi connectivity index (χ2n) is 5.13. The van der Waals surface area contributed by atoms with Crippen molar-refractivity contribution in [3.8, 4) is 0 Å². The standard InChI is InChI=1S/C13H27NO3/c1-10(2)9-11(3)17-8-7-13(4,14-5)12(15)16-6/h10-11,14H,7-9H2,1-6H3. The minimum Gasteiger partial charge on any atom is -0.468 e. The Kier molecular flexibility index (Phi) is 7.39. The molecule has 17 heavy (non-hydrogen) atoms. The number of likely N-dealkylation sites (N-methyl/N-ethyl adjacent to an activating group) is 1. The lowest BCUT2D eigenvalue weighted by atomic mass is 9.99. The minimum absolute atomic E-state index is 0.230. The van der Waals surface area contributed by atoms with Gasteiger partial charge in [0.1, 0.15) is 5.54 Å². The zero-order chi connectivity index (χ0) is 13.5. The molecular weight excluding hydrogens is 218 g/mol. The van der Waals surface area contributed by atoms with Gasteiger partial charge in [-0.25, -0.2) is 0 Å². The van der Waals surface area contributed by atoms with Crippen molar-refractivity contribution in [1.29, 1.82) is 0 Å². The summed E-state index contributed by atoms with van der Waals surface area (Å²) < 4.78 is 10.5. The molecule has 4 nitrogen and oxygen atoms in total. The molecular formula is C13H27NO3. The van der Waals surface area contributed by atoms with Crippen LogP contribution in [0.3, 0.4) is 0 Å². The molecule has 0 radical (unpaired) electrons. The van der Waals surface area contributed by atoms with Gasteiger partial charge in [0, 0.05) is 6.61 Å². The van der Waals surface area contributed by atoms with Crippen LogP contribution in [-0.2, 0) is 14.3 Å². The lowest BCUT2D eigenvalue weighted by Gasteiger charge is -2.26. The predicted molar refractivity (Wildman–Crippen MR) is 69.0 cm³/mol. The zero-order valence-electron chi connectivity index (χ0n) is 12.0. The van der Waals surface area contributed by atoms with Crippen molar-refractivity contribution < 1.29 is 14.3 Å². The predicted octanol–water partition coefficient (Wildman–Crippen LogP) is 1.98. The summed E-state index contributed by atoms with van der Waals surface area (Å²) in [5.41, 5.74) is -0.660. The van der Waals surface area contributed by atoms with Crippen LogP contribution in [0.15, 0.2) is 0 Å². The molecule has 0 amide bonds. The van der Waals surface area contributed by atoms with E-state index in [2.05, 4.69) is 26.1 Å². The molecule has 0 aliphatic heterocycles. The van der Waals surface area contributed by atoms with E-state index in [1.165, 1.54) is 7.11 Å². The molecule has 0 aliphatic rings. The van der Waals surface area contributed by atoms with Gasteiger partial charge >= 0.3 is 5.97 Å². The van der Waals surface area contributed by atoms with E-state index in [0.29, 0.717) is 18.9 Å². The third kappa shape index (κ3) is 6.03. The maximum atomic E-state index is 11.6. The molecule has 0 fully saturated rings. The Balaban J connectivity index is 4.04. The Morgan fingerprint density at radius 2 is 1.94 bits per heavy atom. The van der Waals surface area contributed by atoms with Gasteiger partial charge in [-0.3, -0.25) is 4.79 Å². The first-order chi connectivity index (χ1) is 7.85. The fourth-order valence-corrected chi connectivity index (χ4v) is 1.75. The Hall–Kier alpha value is -0.610. The van der Waals surface area contributed by atoms with Crippen LogP contribution in [-0.4, -0.2) is 38.4 Å². The maximum absolute atomic E-state index is 11.6. The van der Waals surface area contributed by atoms with Crippen molar-refractivity contribution in [2.24, 2.45) is 5.92 Å². The van der Waals surface area contributed by atoms with Crippen LogP contribution < -0.4 is 5.32 Å². The van der Waals surface area contributed by atoms with Gasteiger partial charge in [0.15, 0.2) is 0 Å². The van der Waals surface area contributed by atoms with Gasteiger partial charge in [0.25, 0.3) is 0 Å². The number of methoxy groups -OCH3 is 1. The van der Waals surface area contributed by atoms with E-state index in [4.69, 9.17) is 9.47 Å². The summed E-state index contributed by atoms with van der Waals surface area (Å²) in [6.45, 7) is 8.79. The highest BCUT2D eigenvalue weighted by atomic mass is 16.5. The summed E-state index contributed by atoms with van der Waals surface area (Å²) in [6.07, 6.45) is 1.88. The molecule has 0 heterocycles. The molecule has 2 atom stereocenters. The van der Waals surface area contributed by atoms with Crippen LogP contribution in [0.4, 0.5) is 0 Å². The number of ether oxygens (including phenoxy) is 2. The van der Waals surface area contributed by atoms with E-state index in [-0.39, 0.29) is 12.1 Å². The molecule has 0 saturated carbocycles. The number of nitrogens with one attached hydrogen (secondary N) is 1. The lowest BCUT2D eigenvalue weighted by molar-refractivity contribution is -0.148. The molecule has 0 aromatic heterocycles. The zero-order valence-corrected chi connectivity index (χ0v) is 12.0. The van der Waals surface area contributed by atoms with Gasteiger partial charge in [-0.15, -0.1) is 0 Å². The molecule has 0 bridgehead atoms. The molecule has 0 aromatic carbocycles. The van der Waals surface area contributed by atoms with E-state index in [1.807, 2.05) is 6.92 Å². The smallest absolute Gasteiger partial charge is 0.325 e. The molecule has 0 rings (SSSR count). The largest absolute Gasteiger partial charge is 0.468 e. The van der Waals surface area contributed by atoms with E-state index >= 15 is 0 Å². The van der Waals surface area contributed by atoms with Crippen LogP contribution >= 0.6 is 0 Å². The normalized spacial score (nSPS) is 16.6. The number of hydrogen-bond donors (Lipinski definition) is 1. The highest BCUT2D eigenvalue weighted by Crippen LogP contribution is 2.13. The molecule has 0 aromatic rings. The van der Waals surface area contributed by atoms with E-state index in [1.54, 1.807) is 7.05 Å². The quantitative estimate of drug-likeness (QED) is 0.664. The van der Waals surface area contributed by atoms with Crippen molar-refractivity contribution in [2.75, 3.05) is 20.8 Å². The van der Waals surface area contributed by atoms with Gasteiger partial charge in [-0.1, -0.05) is 13.8 Å². The fraction of sp³-hybridized carbons (Fsp3) is 0.923. The average molecular weight is 245 g/mol. The third-order valence-electron chi connectivity index (χ3n) is 3.00. The maximum Gasteiger partial charge on any atom is 0.325 e. The Morgan fingerprint density at radius 3 is 2.35 bits per heavy atom. The van der Waals surface area contributed by atoms with Crippen molar-refractivity contribution in [1.82, 2.24) is 5.32 Å². The first-order valence-electron chi connectivity index (χ1n) is 6.24.